The number of carbonyl (C=O) groups excluding carboxylic acids is 1. The van der Waals surface area contributed by atoms with Gasteiger partial charge in [-0.15, -0.1) is 0 Å². The fourth-order valence-corrected chi connectivity index (χ4v) is 1.13. The van der Waals surface area contributed by atoms with Crippen LogP contribution in [0.3, 0.4) is 0 Å². The van der Waals surface area contributed by atoms with Crippen LogP contribution in [0.5, 0.6) is 0 Å². The molecule has 0 amide bonds. The zero-order chi connectivity index (χ0) is 10.4. The Kier molecular flexibility index (Phi) is 4.33. The molecule has 1 rings (SSSR count). The van der Waals surface area contributed by atoms with E-state index in [9.17, 15) is 4.79 Å². The van der Waals surface area contributed by atoms with Crippen molar-refractivity contribution in [2.24, 2.45) is 5.92 Å². The van der Waals surface area contributed by atoms with Crippen LogP contribution in [0.4, 0.5) is 0 Å². The molecule has 1 aromatic rings. The van der Waals surface area contributed by atoms with Crippen molar-refractivity contribution < 1.29 is 4.79 Å². The molecule has 1 aromatic carbocycles. The van der Waals surface area contributed by atoms with Crippen molar-refractivity contribution in [2.75, 3.05) is 6.54 Å². The number of Topliss-reactive ketones (excluding diaryl/α,β-unsaturated/α-hetero) is 1. The second-order valence-electron chi connectivity index (χ2n) is 3.71. The van der Waals surface area contributed by atoms with Gasteiger partial charge in [-0.1, -0.05) is 44.2 Å². The fraction of sp³-hybridized carbons (Fsp3) is 0.417. The van der Waals surface area contributed by atoms with Crippen LogP contribution >= 0.6 is 0 Å². The van der Waals surface area contributed by atoms with E-state index in [1.807, 2.05) is 44.2 Å². The van der Waals surface area contributed by atoms with Gasteiger partial charge in [-0.05, 0) is 5.56 Å². The first-order valence-corrected chi connectivity index (χ1v) is 4.97. The van der Waals surface area contributed by atoms with Gasteiger partial charge < -0.3 is 5.32 Å². The Labute approximate surface area is 85.3 Å². The molecule has 0 unspecified atom stereocenters. The SMILES string of the molecule is CC(C)C(=O)CNCc1ccccc1. The molecule has 76 valence electrons. The number of carbonyl (C=O) groups is 1. The molecule has 0 heterocycles. The maximum atomic E-state index is 11.3. The molecule has 2 nitrogen and oxygen atoms in total. The van der Waals surface area contributed by atoms with Crippen LogP contribution in [0.15, 0.2) is 30.3 Å². The molecule has 0 spiro atoms. The minimum Gasteiger partial charge on any atom is -0.306 e. The minimum atomic E-state index is 0.123. The van der Waals surface area contributed by atoms with Gasteiger partial charge in [0, 0.05) is 12.5 Å². The molecule has 2 heteroatoms. The summed E-state index contributed by atoms with van der Waals surface area (Å²) in [6, 6.07) is 10.1. The van der Waals surface area contributed by atoms with Gasteiger partial charge in [0.25, 0.3) is 0 Å². The Bertz CT molecular complexity index is 280. The molecule has 0 radical (unpaired) electrons. The smallest absolute Gasteiger partial charge is 0.149 e. The molecule has 0 fully saturated rings. The second kappa shape index (κ2) is 5.55. The number of nitrogens with one attached hydrogen (secondary N) is 1. The van der Waals surface area contributed by atoms with Crippen LogP contribution in [0.2, 0.25) is 0 Å². The summed E-state index contributed by atoms with van der Waals surface area (Å²) >= 11 is 0. The van der Waals surface area contributed by atoms with E-state index in [0.717, 1.165) is 6.54 Å². The van der Waals surface area contributed by atoms with Crippen LogP contribution in [-0.4, -0.2) is 12.3 Å². The van der Waals surface area contributed by atoms with E-state index < -0.39 is 0 Å². The van der Waals surface area contributed by atoms with Gasteiger partial charge in [-0.2, -0.15) is 0 Å². The van der Waals surface area contributed by atoms with Crippen LogP contribution < -0.4 is 5.32 Å². The topological polar surface area (TPSA) is 29.1 Å². The first-order valence-electron chi connectivity index (χ1n) is 4.97. The van der Waals surface area contributed by atoms with Crippen molar-refractivity contribution in [3.8, 4) is 0 Å². The molecular formula is C12H17NO. The first-order chi connectivity index (χ1) is 6.70. The number of hydrogen-bond acceptors (Lipinski definition) is 2. The number of hydrogen-bond donors (Lipinski definition) is 1. The fourth-order valence-electron chi connectivity index (χ4n) is 1.13. The summed E-state index contributed by atoms with van der Waals surface area (Å²) in [5, 5.41) is 3.13. The first kappa shape index (κ1) is 10.9. The van der Waals surface area contributed by atoms with E-state index >= 15 is 0 Å². The summed E-state index contributed by atoms with van der Waals surface area (Å²) in [5.74, 6) is 0.388. The molecule has 0 saturated heterocycles. The molecule has 0 atom stereocenters. The van der Waals surface area contributed by atoms with Crippen molar-refractivity contribution in [2.45, 2.75) is 20.4 Å². The lowest BCUT2D eigenvalue weighted by Crippen LogP contribution is -2.25. The Morgan fingerprint density at radius 3 is 2.50 bits per heavy atom. The van der Waals surface area contributed by atoms with Gasteiger partial charge in [0.2, 0.25) is 0 Å². The van der Waals surface area contributed by atoms with Gasteiger partial charge in [-0.25, -0.2) is 0 Å². The largest absolute Gasteiger partial charge is 0.306 e. The molecule has 1 N–H and O–H groups in total. The monoisotopic (exact) mass is 191 g/mol. The van der Waals surface area contributed by atoms with Gasteiger partial charge >= 0.3 is 0 Å². The molecule has 14 heavy (non-hydrogen) atoms. The van der Waals surface area contributed by atoms with E-state index in [0.29, 0.717) is 6.54 Å². The predicted molar refractivity (Wildman–Crippen MR) is 58.0 cm³/mol. The van der Waals surface area contributed by atoms with Crippen LogP contribution in [0.25, 0.3) is 0 Å². The third-order valence-corrected chi connectivity index (χ3v) is 2.12. The normalized spacial score (nSPS) is 10.5. The second-order valence-corrected chi connectivity index (χ2v) is 3.71. The minimum absolute atomic E-state index is 0.123. The molecule has 0 aliphatic carbocycles. The van der Waals surface area contributed by atoms with Crippen molar-refractivity contribution in [1.82, 2.24) is 5.32 Å². The van der Waals surface area contributed by atoms with Gasteiger partial charge in [-0.3, -0.25) is 4.79 Å². The summed E-state index contributed by atoms with van der Waals surface area (Å²) in [5.41, 5.74) is 1.21. The average molecular weight is 191 g/mol. The highest BCUT2D eigenvalue weighted by Crippen LogP contribution is 1.97. The average Bonchev–Trinajstić information content (AvgIpc) is 2.19. The van der Waals surface area contributed by atoms with Gasteiger partial charge in [0.05, 0.1) is 6.54 Å². The van der Waals surface area contributed by atoms with E-state index in [2.05, 4.69) is 5.32 Å². The highest BCUT2D eigenvalue weighted by Gasteiger charge is 2.05. The standard InChI is InChI=1S/C12H17NO/c1-10(2)12(14)9-13-8-11-6-4-3-5-7-11/h3-7,10,13H,8-9H2,1-2H3. The predicted octanol–water partition coefficient (Wildman–Crippen LogP) is 2.00. The summed E-state index contributed by atoms with van der Waals surface area (Å²) in [7, 11) is 0. The van der Waals surface area contributed by atoms with E-state index in [4.69, 9.17) is 0 Å². The number of rotatable bonds is 5. The maximum absolute atomic E-state index is 11.3. The van der Waals surface area contributed by atoms with Crippen molar-refractivity contribution in [1.29, 1.82) is 0 Å². The van der Waals surface area contributed by atoms with E-state index in [-0.39, 0.29) is 11.7 Å². The summed E-state index contributed by atoms with van der Waals surface area (Å²) in [6.07, 6.45) is 0. The lowest BCUT2D eigenvalue weighted by Gasteiger charge is -2.06. The van der Waals surface area contributed by atoms with E-state index in [1.54, 1.807) is 0 Å². The summed E-state index contributed by atoms with van der Waals surface area (Å²) in [6.45, 7) is 5.07. The Morgan fingerprint density at radius 1 is 1.29 bits per heavy atom. The van der Waals surface area contributed by atoms with Crippen LogP contribution in [0, 0.1) is 5.92 Å². The molecule has 0 aromatic heterocycles. The molecule has 0 bridgehead atoms. The Hall–Kier alpha value is -1.15. The molecule has 0 aliphatic heterocycles. The third kappa shape index (κ3) is 3.71. The van der Waals surface area contributed by atoms with Crippen molar-refractivity contribution >= 4 is 5.78 Å². The zero-order valence-corrected chi connectivity index (χ0v) is 8.79. The van der Waals surface area contributed by atoms with Crippen LogP contribution in [0.1, 0.15) is 19.4 Å². The molecule has 0 saturated carbocycles. The quantitative estimate of drug-likeness (QED) is 0.771. The van der Waals surface area contributed by atoms with Crippen LogP contribution in [-0.2, 0) is 11.3 Å². The lowest BCUT2D eigenvalue weighted by molar-refractivity contribution is -0.121. The molecule has 0 aliphatic rings. The summed E-state index contributed by atoms with van der Waals surface area (Å²) < 4.78 is 0. The van der Waals surface area contributed by atoms with Crippen molar-refractivity contribution in [3.05, 3.63) is 35.9 Å². The Morgan fingerprint density at radius 2 is 1.93 bits per heavy atom. The Balaban J connectivity index is 2.26. The summed E-state index contributed by atoms with van der Waals surface area (Å²) in [4.78, 5) is 11.3. The number of benzene rings is 1. The lowest BCUT2D eigenvalue weighted by atomic mass is 10.1. The number of ketones is 1. The highest BCUT2D eigenvalue weighted by atomic mass is 16.1. The third-order valence-electron chi connectivity index (χ3n) is 2.12. The van der Waals surface area contributed by atoms with Gasteiger partial charge in [0.1, 0.15) is 5.78 Å². The van der Waals surface area contributed by atoms with Gasteiger partial charge in [0.15, 0.2) is 0 Å². The molecular weight excluding hydrogens is 174 g/mol. The highest BCUT2D eigenvalue weighted by molar-refractivity contribution is 5.82. The van der Waals surface area contributed by atoms with E-state index in [1.165, 1.54) is 5.56 Å². The maximum Gasteiger partial charge on any atom is 0.149 e. The zero-order valence-electron chi connectivity index (χ0n) is 8.79. The van der Waals surface area contributed by atoms with Crippen molar-refractivity contribution in [3.63, 3.8) is 0 Å².